The highest BCUT2D eigenvalue weighted by molar-refractivity contribution is 7.09. The van der Waals surface area contributed by atoms with Crippen molar-refractivity contribution < 1.29 is 4.79 Å². The van der Waals surface area contributed by atoms with E-state index in [4.69, 9.17) is 0 Å². The fourth-order valence-electron chi connectivity index (χ4n) is 1.46. The van der Waals surface area contributed by atoms with E-state index in [1.165, 1.54) is 11.2 Å². The SMILES string of the molecule is O=C(CCCc1cccs1)NCc1ncn[nH]1. The molecule has 0 saturated carbocycles. The fraction of sp³-hybridized carbons (Fsp3) is 0.364. The molecule has 0 saturated heterocycles. The number of thiophene rings is 1. The standard InChI is InChI=1S/C11H14N4OS/c16-11(12-7-10-13-8-14-15-10)5-1-3-9-4-2-6-17-9/h2,4,6,8H,1,3,5,7H2,(H,12,16)(H,13,14,15). The maximum atomic E-state index is 11.5. The minimum Gasteiger partial charge on any atom is -0.349 e. The topological polar surface area (TPSA) is 70.7 Å². The average molecular weight is 250 g/mol. The van der Waals surface area contributed by atoms with Crippen LogP contribution in [0.15, 0.2) is 23.8 Å². The van der Waals surface area contributed by atoms with Crippen molar-refractivity contribution in [3.63, 3.8) is 0 Å². The van der Waals surface area contributed by atoms with E-state index in [0.29, 0.717) is 18.8 Å². The van der Waals surface area contributed by atoms with Crippen LogP contribution in [-0.4, -0.2) is 21.1 Å². The van der Waals surface area contributed by atoms with Gasteiger partial charge in [-0.1, -0.05) is 6.07 Å². The Morgan fingerprint density at radius 3 is 3.18 bits per heavy atom. The van der Waals surface area contributed by atoms with Gasteiger partial charge in [0.1, 0.15) is 12.2 Å². The molecule has 0 spiro atoms. The molecule has 2 N–H and O–H groups in total. The molecule has 2 aromatic heterocycles. The van der Waals surface area contributed by atoms with Gasteiger partial charge < -0.3 is 5.32 Å². The quantitative estimate of drug-likeness (QED) is 0.816. The van der Waals surface area contributed by atoms with Crippen LogP contribution in [0.5, 0.6) is 0 Å². The van der Waals surface area contributed by atoms with Crippen LogP contribution in [0.4, 0.5) is 0 Å². The van der Waals surface area contributed by atoms with Gasteiger partial charge in [-0.25, -0.2) is 4.98 Å². The van der Waals surface area contributed by atoms with Gasteiger partial charge in [0, 0.05) is 11.3 Å². The molecule has 0 bridgehead atoms. The van der Waals surface area contributed by atoms with Crippen molar-refractivity contribution in [1.29, 1.82) is 0 Å². The van der Waals surface area contributed by atoms with Crippen molar-refractivity contribution in [2.24, 2.45) is 0 Å². The summed E-state index contributed by atoms with van der Waals surface area (Å²) in [6.07, 6.45) is 3.82. The molecule has 0 fully saturated rings. The predicted octanol–water partition coefficient (Wildman–Crippen LogP) is 1.51. The van der Waals surface area contributed by atoms with E-state index in [2.05, 4.69) is 31.9 Å². The molecule has 0 aliphatic rings. The monoisotopic (exact) mass is 250 g/mol. The third-order valence-corrected chi connectivity index (χ3v) is 3.26. The molecule has 0 atom stereocenters. The third-order valence-electron chi connectivity index (χ3n) is 2.33. The lowest BCUT2D eigenvalue weighted by Crippen LogP contribution is -2.23. The average Bonchev–Trinajstić information content (AvgIpc) is 2.99. The Morgan fingerprint density at radius 2 is 2.47 bits per heavy atom. The van der Waals surface area contributed by atoms with Crippen molar-refractivity contribution in [1.82, 2.24) is 20.5 Å². The summed E-state index contributed by atoms with van der Waals surface area (Å²) in [4.78, 5) is 16.8. The summed E-state index contributed by atoms with van der Waals surface area (Å²) in [5, 5.41) is 11.3. The lowest BCUT2D eigenvalue weighted by atomic mass is 10.2. The zero-order chi connectivity index (χ0) is 11.9. The van der Waals surface area contributed by atoms with Gasteiger partial charge in [-0.3, -0.25) is 9.89 Å². The number of carbonyl (C=O) groups is 1. The van der Waals surface area contributed by atoms with Gasteiger partial charge in [0.25, 0.3) is 0 Å². The first-order valence-corrected chi connectivity index (χ1v) is 6.36. The predicted molar refractivity (Wildman–Crippen MR) is 65.5 cm³/mol. The van der Waals surface area contributed by atoms with Gasteiger partial charge in [-0.15, -0.1) is 11.3 Å². The molecule has 17 heavy (non-hydrogen) atoms. The number of rotatable bonds is 6. The summed E-state index contributed by atoms with van der Waals surface area (Å²) >= 11 is 1.73. The fourth-order valence-corrected chi connectivity index (χ4v) is 2.22. The molecule has 2 aromatic rings. The van der Waals surface area contributed by atoms with Crippen LogP contribution in [-0.2, 0) is 17.8 Å². The van der Waals surface area contributed by atoms with Crippen LogP contribution in [0.3, 0.4) is 0 Å². The first-order valence-electron chi connectivity index (χ1n) is 5.48. The van der Waals surface area contributed by atoms with Crippen LogP contribution >= 0.6 is 11.3 Å². The molecule has 0 aliphatic carbocycles. The van der Waals surface area contributed by atoms with Crippen LogP contribution in [0, 0.1) is 0 Å². The van der Waals surface area contributed by atoms with E-state index in [-0.39, 0.29) is 5.91 Å². The van der Waals surface area contributed by atoms with Gasteiger partial charge in [-0.05, 0) is 24.3 Å². The minimum atomic E-state index is 0.0537. The van der Waals surface area contributed by atoms with Gasteiger partial charge in [-0.2, -0.15) is 5.10 Å². The molecule has 90 valence electrons. The molecule has 2 rings (SSSR count). The number of aryl methyl sites for hydroxylation is 1. The smallest absolute Gasteiger partial charge is 0.220 e. The zero-order valence-corrected chi connectivity index (χ0v) is 10.2. The second-order valence-electron chi connectivity index (χ2n) is 3.64. The van der Waals surface area contributed by atoms with E-state index in [0.717, 1.165) is 12.8 Å². The van der Waals surface area contributed by atoms with Crippen LogP contribution in [0.2, 0.25) is 0 Å². The van der Waals surface area contributed by atoms with Crippen LogP contribution < -0.4 is 5.32 Å². The molecular weight excluding hydrogens is 236 g/mol. The first kappa shape index (κ1) is 11.8. The number of carbonyl (C=O) groups excluding carboxylic acids is 1. The van der Waals surface area contributed by atoms with E-state index in [1.807, 2.05) is 6.07 Å². The molecule has 1 amide bonds. The highest BCUT2D eigenvalue weighted by Gasteiger charge is 2.03. The van der Waals surface area contributed by atoms with E-state index in [9.17, 15) is 4.79 Å². The highest BCUT2D eigenvalue weighted by atomic mass is 32.1. The molecule has 0 unspecified atom stereocenters. The highest BCUT2D eigenvalue weighted by Crippen LogP contribution is 2.11. The summed E-state index contributed by atoms with van der Waals surface area (Å²) in [6, 6.07) is 4.13. The van der Waals surface area contributed by atoms with Crippen LogP contribution in [0.25, 0.3) is 0 Å². The van der Waals surface area contributed by atoms with Crippen molar-refractivity contribution in [3.8, 4) is 0 Å². The maximum absolute atomic E-state index is 11.5. The second kappa shape index (κ2) is 6.15. The largest absolute Gasteiger partial charge is 0.349 e. The summed E-state index contributed by atoms with van der Waals surface area (Å²) in [5.74, 6) is 0.731. The zero-order valence-electron chi connectivity index (χ0n) is 9.35. The molecule has 2 heterocycles. The van der Waals surface area contributed by atoms with E-state index in [1.54, 1.807) is 11.3 Å². The number of nitrogens with one attached hydrogen (secondary N) is 2. The Bertz CT molecular complexity index is 438. The van der Waals surface area contributed by atoms with Crippen molar-refractivity contribution in [3.05, 3.63) is 34.5 Å². The lowest BCUT2D eigenvalue weighted by Gasteiger charge is -2.02. The van der Waals surface area contributed by atoms with Gasteiger partial charge >= 0.3 is 0 Å². The molecular formula is C11H14N4OS. The number of amides is 1. The Kier molecular flexibility index (Phi) is 4.26. The molecule has 0 aliphatic heterocycles. The van der Waals surface area contributed by atoms with Crippen molar-refractivity contribution >= 4 is 17.2 Å². The van der Waals surface area contributed by atoms with Gasteiger partial charge in [0.05, 0.1) is 6.54 Å². The number of aromatic amines is 1. The molecule has 0 aromatic carbocycles. The third kappa shape index (κ3) is 3.99. The van der Waals surface area contributed by atoms with Crippen LogP contribution in [0.1, 0.15) is 23.5 Å². The second-order valence-corrected chi connectivity index (χ2v) is 4.67. The minimum absolute atomic E-state index is 0.0537. The molecule has 0 radical (unpaired) electrons. The van der Waals surface area contributed by atoms with Gasteiger partial charge in [0.15, 0.2) is 0 Å². The number of hydrogen-bond acceptors (Lipinski definition) is 4. The van der Waals surface area contributed by atoms with Crippen molar-refractivity contribution in [2.45, 2.75) is 25.8 Å². The molecule has 5 nitrogen and oxygen atoms in total. The number of nitrogens with zero attached hydrogens (tertiary/aromatic N) is 2. The van der Waals surface area contributed by atoms with Gasteiger partial charge in [0.2, 0.25) is 5.91 Å². The van der Waals surface area contributed by atoms with E-state index < -0.39 is 0 Å². The lowest BCUT2D eigenvalue weighted by molar-refractivity contribution is -0.121. The summed E-state index contributed by atoms with van der Waals surface area (Å²) < 4.78 is 0. The van der Waals surface area contributed by atoms with Crippen molar-refractivity contribution in [2.75, 3.05) is 0 Å². The summed E-state index contributed by atoms with van der Waals surface area (Å²) in [7, 11) is 0. The summed E-state index contributed by atoms with van der Waals surface area (Å²) in [6.45, 7) is 0.415. The molecule has 6 heteroatoms. The Hall–Kier alpha value is -1.69. The Balaban J connectivity index is 1.61. The Morgan fingerprint density at radius 1 is 1.53 bits per heavy atom. The maximum Gasteiger partial charge on any atom is 0.220 e. The summed E-state index contributed by atoms with van der Waals surface area (Å²) in [5.41, 5.74) is 0. The number of aromatic nitrogens is 3. The number of H-pyrrole nitrogens is 1. The first-order chi connectivity index (χ1) is 8.34. The van der Waals surface area contributed by atoms with E-state index >= 15 is 0 Å². The number of hydrogen-bond donors (Lipinski definition) is 2. The Labute approximate surface area is 103 Å². The normalized spacial score (nSPS) is 10.4.